The zero-order valence-electron chi connectivity index (χ0n) is 42.0. The van der Waals surface area contributed by atoms with Gasteiger partial charge in [-0.1, -0.05) is 193 Å². The van der Waals surface area contributed by atoms with Crippen molar-refractivity contribution in [1.29, 1.82) is 0 Å². The summed E-state index contributed by atoms with van der Waals surface area (Å²) in [7, 11) is 0. The number of phenolic OH excluding ortho intramolecular Hbond substituents is 1. The zero-order chi connectivity index (χ0) is 48.1. The molecule has 0 atom stereocenters. The van der Waals surface area contributed by atoms with E-state index in [1.165, 1.54) is 5.56 Å². The second-order valence-corrected chi connectivity index (χ2v) is 19.7. The van der Waals surface area contributed by atoms with E-state index in [-0.39, 0.29) is 37.6 Å². The Morgan fingerprint density at radius 2 is 1.30 bits per heavy atom. The van der Waals surface area contributed by atoms with Crippen molar-refractivity contribution in [1.82, 2.24) is 14.5 Å². The van der Waals surface area contributed by atoms with Crippen molar-refractivity contribution in [2.24, 2.45) is 5.92 Å². The Morgan fingerprint density at radius 1 is 0.621 bits per heavy atom. The number of rotatable bonds is 9. The molecule has 0 amide bonds. The third-order valence-corrected chi connectivity index (χ3v) is 12.3. The van der Waals surface area contributed by atoms with Crippen molar-refractivity contribution in [2.75, 3.05) is 0 Å². The number of benzene rings is 7. The number of hydrogen-bond donors (Lipinski definition) is 1. The summed E-state index contributed by atoms with van der Waals surface area (Å²) < 4.78 is 25.9. The molecule has 2 heterocycles. The number of fused-ring (bicyclic) bond motifs is 1. The van der Waals surface area contributed by atoms with E-state index >= 15 is 0 Å². The predicted molar refractivity (Wildman–Crippen MR) is 273 cm³/mol. The van der Waals surface area contributed by atoms with Gasteiger partial charge < -0.3 is 5.11 Å². The molecule has 0 saturated heterocycles. The summed E-state index contributed by atoms with van der Waals surface area (Å²) in [6.45, 7) is 15.4. The van der Waals surface area contributed by atoms with Crippen molar-refractivity contribution in [3.8, 4) is 78.6 Å². The summed E-state index contributed by atoms with van der Waals surface area (Å²) in [6, 6.07) is 57.4. The summed E-state index contributed by atoms with van der Waals surface area (Å²) in [5.41, 5.74) is 15.6. The van der Waals surface area contributed by atoms with Gasteiger partial charge in [0.15, 0.2) is 0 Å². The molecule has 4 nitrogen and oxygen atoms in total. The number of aryl methyl sites for hydroxylation is 1. The number of hydrogen-bond acceptors (Lipinski definition) is 3. The molecule has 0 aliphatic carbocycles. The molecule has 9 aromatic rings. The maximum atomic E-state index is 12.6. The van der Waals surface area contributed by atoms with E-state index in [2.05, 4.69) is 169 Å². The van der Waals surface area contributed by atoms with E-state index in [4.69, 9.17) is 14.1 Å². The summed E-state index contributed by atoms with van der Waals surface area (Å²) >= 11 is 0. The first kappa shape index (κ1) is 42.3. The van der Waals surface area contributed by atoms with Gasteiger partial charge in [-0.2, -0.15) is 0 Å². The average molecular weight is 1050 g/mol. The van der Waals surface area contributed by atoms with E-state index in [1.54, 1.807) is 18.3 Å². The van der Waals surface area contributed by atoms with Crippen LogP contribution in [0.2, 0.25) is 0 Å². The molecule has 0 saturated carbocycles. The predicted octanol–water partition coefficient (Wildman–Crippen LogP) is 16.0. The molecular weight excluding hydrogens is 986 g/mol. The molecule has 334 valence electrons. The van der Waals surface area contributed by atoms with Crippen molar-refractivity contribution in [3.05, 3.63) is 192 Å². The van der Waals surface area contributed by atoms with Crippen LogP contribution in [0.3, 0.4) is 0 Å². The second-order valence-electron chi connectivity index (χ2n) is 19.7. The van der Waals surface area contributed by atoms with Gasteiger partial charge in [0.2, 0.25) is 0 Å². The number of para-hydroxylation sites is 1. The van der Waals surface area contributed by atoms with Crippen LogP contribution in [-0.4, -0.2) is 19.6 Å². The normalized spacial score (nSPS) is 12.7. The van der Waals surface area contributed by atoms with Gasteiger partial charge in [-0.15, -0.1) is 23.8 Å². The maximum absolute atomic E-state index is 12.6. The third-order valence-electron chi connectivity index (χ3n) is 12.3. The van der Waals surface area contributed by atoms with E-state index in [1.807, 2.05) is 42.5 Å². The number of aromatic nitrogens is 3. The monoisotopic (exact) mass is 1050 g/mol. The minimum absolute atomic E-state index is 0. The smallest absolute Gasteiger partial charge is 0.148 e. The standard InChI is InChI=1S/C61H58N3O.Pt/c1-39(2)31-41-25-28-55(51(32-41)44-19-14-11-15-20-44)64-56-22-16-21-50(57(56)63-59(64)52-37-49(60(4,5)6)38-53(58(52)65)61(7,8)9)47-33-46(42-17-12-10-13-18-42)34-48(35-47)54-36-45(29-30-62-54)43-26-23-40(3)24-27-43;/h10-30,32-34,36-39,65H,31H2,1-9H3;/q-1;/i3D3;. The molecule has 0 aliphatic heterocycles. The fraction of sp³-hybridized carbons (Fsp3) is 0.213. The maximum Gasteiger partial charge on any atom is 0.148 e. The first-order valence-corrected chi connectivity index (χ1v) is 22.6. The summed E-state index contributed by atoms with van der Waals surface area (Å²) in [5.74, 6) is 1.35. The van der Waals surface area contributed by atoms with Crippen molar-refractivity contribution < 1.29 is 30.3 Å². The summed E-state index contributed by atoms with van der Waals surface area (Å²) in [5, 5.41) is 12.6. The Hall–Kier alpha value is -6.35. The second kappa shape index (κ2) is 18.5. The number of aromatic hydroxyl groups is 1. The molecule has 9 rings (SSSR count). The Labute approximate surface area is 410 Å². The van der Waals surface area contributed by atoms with Crippen LogP contribution in [-0.2, 0) is 38.3 Å². The van der Waals surface area contributed by atoms with Crippen LogP contribution in [0.5, 0.6) is 5.75 Å². The summed E-state index contributed by atoms with van der Waals surface area (Å²) in [4.78, 5) is 10.5. The van der Waals surface area contributed by atoms with Crippen molar-refractivity contribution in [2.45, 2.75) is 79.5 Å². The zero-order valence-corrected chi connectivity index (χ0v) is 41.3. The van der Waals surface area contributed by atoms with E-state index < -0.39 is 6.85 Å². The topological polar surface area (TPSA) is 50.9 Å². The molecule has 0 spiro atoms. The number of phenols is 1. The minimum Gasteiger partial charge on any atom is -0.507 e. The molecule has 0 fully saturated rings. The van der Waals surface area contributed by atoms with Gasteiger partial charge in [-0.25, -0.2) is 4.98 Å². The molecule has 7 aromatic carbocycles. The molecule has 2 aromatic heterocycles. The van der Waals surface area contributed by atoms with Crippen LogP contribution in [0.4, 0.5) is 0 Å². The quantitative estimate of drug-likeness (QED) is 0.147. The molecule has 66 heavy (non-hydrogen) atoms. The van der Waals surface area contributed by atoms with Crippen molar-refractivity contribution in [3.63, 3.8) is 0 Å². The molecular formula is C61H58N3OPt-. The third kappa shape index (κ3) is 9.35. The van der Waals surface area contributed by atoms with Crippen LogP contribution in [0.15, 0.2) is 164 Å². The van der Waals surface area contributed by atoms with Crippen molar-refractivity contribution >= 4 is 11.0 Å². The van der Waals surface area contributed by atoms with E-state index in [0.717, 1.165) is 90.0 Å². The fourth-order valence-corrected chi connectivity index (χ4v) is 8.85. The van der Waals surface area contributed by atoms with E-state index in [0.29, 0.717) is 22.9 Å². The average Bonchev–Trinajstić information content (AvgIpc) is 3.70. The van der Waals surface area contributed by atoms with Crippen LogP contribution in [0, 0.1) is 18.8 Å². The Kier molecular flexibility index (Phi) is 11.9. The van der Waals surface area contributed by atoms with Gasteiger partial charge in [-0.3, -0.25) is 9.55 Å². The van der Waals surface area contributed by atoms with Gasteiger partial charge in [0.05, 0.1) is 22.3 Å². The van der Waals surface area contributed by atoms with Crippen LogP contribution in [0.25, 0.3) is 83.9 Å². The molecule has 1 N–H and O–H groups in total. The molecule has 0 aliphatic rings. The van der Waals surface area contributed by atoms with Gasteiger partial charge >= 0.3 is 0 Å². The van der Waals surface area contributed by atoms with Gasteiger partial charge in [0.1, 0.15) is 11.6 Å². The van der Waals surface area contributed by atoms with Gasteiger partial charge in [0, 0.05) is 48.2 Å². The molecule has 5 heteroatoms. The number of pyridine rings is 1. The van der Waals surface area contributed by atoms with Gasteiger partial charge in [0.25, 0.3) is 0 Å². The van der Waals surface area contributed by atoms with Crippen LogP contribution >= 0.6 is 0 Å². The minimum atomic E-state index is -2.18. The Bertz CT molecular complexity index is 3290. The Balaban J connectivity index is 0.00000642. The van der Waals surface area contributed by atoms with E-state index in [9.17, 15) is 5.11 Å². The number of nitrogens with zero attached hydrogens (tertiary/aromatic N) is 3. The van der Waals surface area contributed by atoms with Gasteiger partial charge in [-0.05, 0) is 93.7 Å². The first-order chi connectivity index (χ1) is 32.3. The molecule has 0 unspecified atom stereocenters. The molecule has 0 bridgehead atoms. The Morgan fingerprint density at radius 3 is 1.97 bits per heavy atom. The van der Waals surface area contributed by atoms with Crippen LogP contribution in [0.1, 0.15) is 81.8 Å². The fourth-order valence-electron chi connectivity index (χ4n) is 8.85. The number of imidazole rings is 1. The van der Waals surface area contributed by atoms with Crippen LogP contribution < -0.4 is 0 Å². The first-order valence-electron chi connectivity index (χ1n) is 24.1. The SMILES string of the molecule is [2H]C([2H])([2H])c1ccc(-c2ccnc(-c3[c-]c(-c4cccc5c4nc(-c4cc(C(C)(C)C)cc(C(C)(C)C)c4O)n5-c4ccc(CC(C)C)cc4-c4ccccc4)cc(-c4ccccc4)c3)c2)cc1.[Pt]. The summed E-state index contributed by atoms with van der Waals surface area (Å²) in [6.07, 6.45) is 2.73. The largest absolute Gasteiger partial charge is 0.507 e. The molecule has 0 radical (unpaired) electrons.